The molecule has 2 atom stereocenters. The standard InChI is InChI=1S/C26H30ClN3O4S/c1-3-19(2)25(29-35(33,34)24-12-10-23(27)11-13-24)18-30(17-21-5-4-14-28-15-21)16-20-6-8-22(9-7-20)26(31)32/h4-15,19,25,29H,3,16-18H2,1-2H3,(H,31,32)/t19-,25+/m0/s1. The zero-order valence-corrected chi connectivity index (χ0v) is 21.3. The van der Waals surface area contributed by atoms with Crippen LogP contribution in [0.3, 0.4) is 0 Å². The van der Waals surface area contributed by atoms with Crippen molar-refractivity contribution in [2.45, 2.75) is 44.3 Å². The molecule has 0 spiro atoms. The molecule has 0 amide bonds. The number of aromatic carboxylic acids is 1. The molecular weight excluding hydrogens is 486 g/mol. The molecule has 0 aliphatic rings. The van der Waals surface area contributed by atoms with Crippen molar-refractivity contribution in [2.75, 3.05) is 6.54 Å². The molecule has 0 saturated carbocycles. The first-order valence-corrected chi connectivity index (χ1v) is 13.3. The Morgan fingerprint density at radius 3 is 2.29 bits per heavy atom. The van der Waals surface area contributed by atoms with Crippen LogP contribution in [0.1, 0.15) is 41.8 Å². The second kappa shape index (κ2) is 12.3. The molecule has 1 heterocycles. The van der Waals surface area contributed by atoms with Gasteiger partial charge in [-0.25, -0.2) is 17.9 Å². The molecule has 0 saturated heterocycles. The number of carboxylic acid groups (broad SMARTS) is 1. The summed E-state index contributed by atoms with van der Waals surface area (Å²) < 4.78 is 29.2. The van der Waals surface area contributed by atoms with Gasteiger partial charge in [0.25, 0.3) is 0 Å². The minimum atomic E-state index is -3.75. The summed E-state index contributed by atoms with van der Waals surface area (Å²) in [6.07, 6.45) is 4.29. The fourth-order valence-corrected chi connectivity index (χ4v) is 5.18. The fourth-order valence-electron chi connectivity index (χ4n) is 3.72. The van der Waals surface area contributed by atoms with Gasteiger partial charge in [0.1, 0.15) is 0 Å². The van der Waals surface area contributed by atoms with Crippen LogP contribution in [0.5, 0.6) is 0 Å². The minimum absolute atomic E-state index is 0.0721. The van der Waals surface area contributed by atoms with Crippen molar-refractivity contribution in [3.63, 3.8) is 0 Å². The van der Waals surface area contributed by atoms with E-state index in [0.717, 1.165) is 17.5 Å². The van der Waals surface area contributed by atoms with Crippen LogP contribution >= 0.6 is 11.6 Å². The number of hydrogen-bond acceptors (Lipinski definition) is 5. The van der Waals surface area contributed by atoms with Gasteiger partial charge in [0.15, 0.2) is 0 Å². The van der Waals surface area contributed by atoms with Gasteiger partial charge >= 0.3 is 5.97 Å². The summed E-state index contributed by atoms with van der Waals surface area (Å²) in [6, 6.07) is 16.3. The average molecular weight is 516 g/mol. The molecule has 0 bridgehead atoms. The van der Waals surface area contributed by atoms with E-state index in [0.29, 0.717) is 24.7 Å². The third kappa shape index (κ3) is 7.86. The van der Waals surface area contributed by atoms with Crippen molar-refractivity contribution in [1.29, 1.82) is 0 Å². The van der Waals surface area contributed by atoms with Gasteiger partial charge in [-0.2, -0.15) is 0 Å². The SMILES string of the molecule is CC[C@H](C)[C@@H](CN(Cc1ccc(C(=O)O)cc1)Cc1cccnc1)NS(=O)(=O)c1ccc(Cl)cc1. The lowest BCUT2D eigenvalue weighted by atomic mass is 9.99. The quantitative estimate of drug-likeness (QED) is 0.358. The van der Waals surface area contributed by atoms with E-state index in [4.69, 9.17) is 11.6 Å². The van der Waals surface area contributed by atoms with E-state index in [-0.39, 0.29) is 22.4 Å². The van der Waals surface area contributed by atoms with Crippen LogP contribution in [0, 0.1) is 5.92 Å². The number of sulfonamides is 1. The van der Waals surface area contributed by atoms with Crippen LogP contribution in [-0.4, -0.2) is 42.0 Å². The number of aromatic nitrogens is 1. The number of hydrogen-bond donors (Lipinski definition) is 2. The van der Waals surface area contributed by atoms with Gasteiger partial charge in [0, 0.05) is 43.1 Å². The minimum Gasteiger partial charge on any atom is -0.478 e. The van der Waals surface area contributed by atoms with Gasteiger partial charge in [-0.15, -0.1) is 0 Å². The Morgan fingerprint density at radius 2 is 1.71 bits per heavy atom. The fraction of sp³-hybridized carbons (Fsp3) is 0.308. The third-order valence-corrected chi connectivity index (χ3v) is 7.71. The smallest absolute Gasteiger partial charge is 0.335 e. The summed E-state index contributed by atoms with van der Waals surface area (Å²) in [5.41, 5.74) is 2.15. The van der Waals surface area contributed by atoms with E-state index >= 15 is 0 Å². The summed E-state index contributed by atoms with van der Waals surface area (Å²) in [5.74, 6) is -0.903. The topological polar surface area (TPSA) is 99.6 Å². The molecule has 0 unspecified atom stereocenters. The van der Waals surface area contributed by atoms with Crippen LogP contribution in [0.25, 0.3) is 0 Å². The number of nitrogens with one attached hydrogen (secondary N) is 1. The van der Waals surface area contributed by atoms with E-state index in [2.05, 4.69) is 14.6 Å². The van der Waals surface area contributed by atoms with Crippen LogP contribution in [0.15, 0.2) is 78.0 Å². The highest BCUT2D eigenvalue weighted by molar-refractivity contribution is 7.89. The van der Waals surface area contributed by atoms with Crippen LogP contribution in [0.4, 0.5) is 0 Å². The van der Waals surface area contributed by atoms with E-state index in [1.165, 1.54) is 12.1 Å². The van der Waals surface area contributed by atoms with Gasteiger partial charge in [-0.05, 0) is 59.5 Å². The first-order valence-electron chi connectivity index (χ1n) is 11.4. The zero-order chi connectivity index (χ0) is 25.4. The molecule has 7 nitrogen and oxygen atoms in total. The number of pyridine rings is 1. The Bertz CT molecular complexity index is 1200. The van der Waals surface area contributed by atoms with Crippen molar-refractivity contribution in [2.24, 2.45) is 5.92 Å². The predicted molar refractivity (Wildman–Crippen MR) is 137 cm³/mol. The molecule has 2 aromatic carbocycles. The van der Waals surface area contributed by atoms with Gasteiger partial charge in [-0.3, -0.25) is 9.88 Å². The summed E-state index contributed by atoms with van der Waals surface area (Å²) in [5, 5.41) is 9.66. The Labute approximate surface area is 211 Å². The second-order valence-corrected chi connectivity index (χ2v) is 10.8. The molecular formula is C26H30ClN3O4S. The number of nitrogens with zero attached hydrogens (tertiary/aromatic N) is 2. The Morgan fingerprint density at radius 1 is 1.06 bits per heavy atom. The van der Waals surface area contributed by atoms with Crippen molar-refractivity contribution in [3.05, 3.63) is 94.8 Å². The molecule has 186 valence electrons. The molecule has 2 N–H and O–H groups in total. The number of rotatable bonds is 12. The highest BCUT2D eigenvalue weighted by atomic mass is 35.5. The summed E-state index contributed by atoms with van der Waals surface area (Å²) in [7, 11) is -3.75. The highest BCUT2D eigenvalue weighted by Gasteiger charge is 2.26. The lowest BCUT2D eigenvalue weighted by molar-refractivity contribution is 0.0697. The van der Waals surface area contributed by atoms with Gasteiger partial charge in [0.2, 0.25) is 10.0 Å². The van der Waals surface area contributed by atoms with Crippen molar-refractivity contribution in [3.8, 4) is 0 Å². The number of halogens is 1. The van der Waals surface area contributed by atoms with E-state index in [1.807, 2.05) is 26.0 Å². The maximum Gasteiger partial charge on any atom is 0.335 e. The first kappa shape index (κ1) is 26.8. The molecule has 0 aliphatic carbocycles. The van der Waals surface area contributed by atoms with Crippen LogP contribution in [0.2, 0.25) is 5.02 Å². The van der Waals surface area contributed by atoms with Gasteiger partial charge in [0.05, 0.1) is 10.5 Å². The molecule has 0 aliphatic heterocycles. The summed E-state index contributed by atoms with van der Waals surface area (Å²) in [4.78, 5) is 17.7. The largest absolute Gasteiger partial charge is 0.478 e. The van der Waals surface area contributed by atoms with Crippen molar-refractivity contribution < 1.29 is 18.3 Å². The predicted octanol–water partition coefficient (Wildman–Crippen LogP) is 4.83. The molecule has 3 aromatic rings. The molecule has 1 aromatic heterocycles. The third-order valence-electron chi connectivity index (χ3n) is 5.95. The van der Waals surface area contributed by atoms with E-state index in [9.17, 15) is 18.3 Å². The van der Waals surface area contributed by atoms with Crippen LogP contribution in [-0.2, 0) is 23.1 Å². The van der Waals surface area contributed by atoms with E-state index < -0.39 is 16.0 Å². The maximum absolute atomic E-state index is 13.1. The second-order valence-electron chi connectivity index (χ2n) is 8.60. The Balaban J connectivity index is 1.85. The summed E-state index contributed by atoms with van der Waals surface area (Å²) >= 11 is 5.93. The zero-order valence-electron chi connectivity index (χ0n) is 19.8. The summed E-state index contributed by atoms with van der Waals surface area (Å²) in [6.45, 7) is 5.59. The Kier molecular flexibility index (Phi) is 9.40. The average Bonchev–Trinajstić information content (AvgIpc) is 2.84. The van der Waals surface area contributed by atoms with Gasteiger partial charge < -0.3 is 5.11 Å². The van der Waals surface area contributed by atoms with Crippen molar-refractivity contribution in [1.82, 2.24) is 14.6 Å². The highest BCUT2D eigenvalue weighted by Crippen LogP contribution is 2.19. The first-order chi connectivity index (χ1) is 16.7. The van der Waals surface area contributed by atoms with Crippen LogP contribution < -0.4 is 4.72 Å². The van der Waals surface area contributed by atoms with Crippen molar-refractivity contribution >= 4 is 27.6 Å². The van der Waals surface area contributed by atoms with Gasteiger partial charge in [-0.1, -0.05) is 50.1 Å². The lowest BCUT2D eigenvalue weighted by Crippen LogP contribution is -2.46. The molecule has 3 rings (SSSR count). The maximum atomic E-state index is 13.1. The number of carbonyl (C=O) groups is 1. The molecule has 35 heavy (non-hydrogen) atoms. The number of benzene rings is 2. The molecule has 0 fully saturated rings. The Hall–Kier alpha value is -2.78. The van der Waals surface area contributed by atoms with E-state index in [1.54, 1.807) is 48.8 Å². The molecule has 0 radical (unpaired) electrons. The molecule has 9 heteroatoms. The monoisotopic (exact) mass is 515 g/mol. The normalized spacial score (nSPS) is 13.5. The lowest BCUT2D eigenvalue weighted by Gasteiger charge is -2.31. The number of carboxylic acids is 1.